The van der Waals surface area contributed by atoms with Crippen molar-refractivity contribution >= 4 is 17.8 Å². The Bertz CT molecular complexity index is 677. The van der Waals surface area contributed by atoms with Crippen LogP contribution in [0, 0.1) is 23.7 Å². The summed E-state index contributed by atoms with van der Waals surface area (Å²) in [6, 6.07) is 0.165. The van der Waals surface area contributed by atoms with Gasteiger partial charge < -0.3 is 20.5 Å². The molecule has 0 spiro atoms. The highest BCUT2D eigenvalue weighted by Gasteiger charge is 2.43. The van der Waals surface area contributed by atoms with Crippen molar-refractivity contribution in [3.63, 3.8) is 0 Å². The van der Waals surface area contributed by atoms with Gasteiger partial charge in [-0.15, -0.1) is 0 Å². The van der Waals surface area contributed by atoms with Crippen molar-refractivity contribution in [3.8, 4) is 0 Å². The van der Waals surface area contributed by atoms with E-state index < -0.39 is 5.97 Å². The van der Waals surface area contributed by atoms with Gasteiger partial charge in [0.05, 0.1) is 5.92 Å². The predicted molar refractivity (Wildman–Crippen MR) is 120 cm³/mol. The van der Waals surface area contributed by atoms with E-state index in [-0.39, 0.29) is 53.7 Å². The second kappa shape index (κ2) is 11.0. The Morgan fingerprint density at radius 3 is 1.88 bits per heavy atom. The molecule has 3 saturated carbocycles. The Morgan fingerprint density at radius 1 is 0.656 bits per heavy atom. The van der Waals surface area contributed by atoms with Gasteiger partial charge in [0.1, 0.15) is 6.10 Å². The summed E-state index contributed by atoms with van der Waals surface area (Å²) in [6.45, 7) is 0.660. The van der Waals surface area contributed by atoms with Crippen LogP contribution >= 0.6 is 0 Å². The zero-order chi connectivity index (χ0) is 22.5. The number of hydrogen-bond acceptors (Lipinski definition) is 4. The van der Waals surface area contributed by atoms with Crippen LogP contribution in [0.3, 0.4) is 0 Å². The molecule has 7 unspecified atom stereocenters. The molecule has 4 rings (SSSR count). The Labute approximate surface area is 191 Å². The number of carbonyl (C=O) groups is 3. The molecule has 0 aromatic heterocycles. The van der Waals surface area contributed by atoms with Crippen molar-refractivity contribution in [2.45, 2.75) is 108 Å². The zero-order valence-electron chi connectivity index (χ0n) is 19.2. The monoisotopic (exact) mass is 448 g/mol. The lowest BCUT2D eigenvalue weighted by Gasteiger charge is -2.41. The molecule has 4 fully saturated rings. The number of carboxylic acids is 1. The van der Waals surface area contributed by atoms with Crippen LogP contribution in [-0.4, -0.2) is 47.7 Å². The standard InChI is InChI=1S/C25H40N2O5/c28-23(20-11-3-1-9-18(20)19-10-2-4-12-21(19)25(30)31)26-16-7-5-8-17(15-16)27-24(29)22-13-6-14-32-22/h16-22H,1-15H2,(H,26,28)(H,27,29)(H,30,31). The van der Waals surface area contributed by atoms with Gasteiger partial charge in [-0.25, -0.2) is 0 Å². The number of carboxylic acid groups (broad SMARTS) is 1. The second-order valence-corrected chi connectivity index (χ2v) is 10.5. The van der Waals surface area contributed by atoms with Crippen molar-refractivity contribution in [1.82, 2.24) is 10.6 Å². The topological polar surface area (TPSA) is 105 Å². The van der Waals surface area contributed by atoms with Crippen LogP contribution in [0.1, 0.15) is 89.9 Å². The molecule has 7 atom stereocenters. The number of carbonyl (C=O) groups excluding carboxylic acids is 2. The van der Waals surface area contributed by atoms with E-state index in [1.165, 1.54) is 0 Å². The van der Waals surface area contributed by atoms with E-state index in [2.05, 4.69) is 10.6 Å². The molecular weight excluding hydrogens is 408 g/mol. The van der Waals surface area contributed by atoms with Crippen molar-refractivity contribution in [3.05, 3.63) is 0 Å². The maximum absolute atomic E-state index is 13.4. The first-order valence-electron chi connectivity index (χ1n) is 13.0. The van der Waals surface area contributed by atoms with Gasteiger partial charge in [0, 0.05) is 24.6 Å². The van der Waals surface area contributed by atoms with Crippen molar-refractivity contribution < 1.29 is 24.2 Å². The number of ether oxygens (including phenoxy) is 1. The summed E-state index contributed by atoms with van der Waals surface area (Å²) in [5.74, 6) is -0.642. The minimum atomic E-state index is -0.684. The lowest BCUT2D eigenvalue weighted by Crippen LogP contribution is -2.50. The summed E-state index contributed by atoms with van der Waals surface area (Å²) >= 11 is 0. The molecule has 3 aliphatic carbocycles. The van der Waals surface area contributed by atoms with E-state index in [4.69, 9.17) is 4.74 Å². The SMILES string of the molecule is O=C(NC1CCCC(NC(=O)C2CCCCC2C2CCCCC2C(=O)O)C1)C1CCCO1. The molecule has 0 bridgehead atoms. The zero-order valence-corrected chi connectivity index (χ0v) is 19.2. The first kappa shape index (κ1) is 23.5. The van der Waals surface area contributed by atoms with Gasteiger partial charge in [-0.2, -0.15) is 0 Å². The average molecular weight is 449 g/mol. The third-order valence-electron chi connectivity index (χ3n) is 8.43. The van der Waals surface area contributed by atoms with Gasteiger partial charge in [0.15, 0.2) is 0 Å². The molecule has 7 nitrogen and oxygen atoms in total. The molecule has 1 saturated heterocycles. The Kier molecular flexibility index (Phi) is 8.08. The van der Waals surface area contributed by atoms with E-state index in [0.29, 0.717) is 6.61 Å². The predicted octanol–water partition coefficient (Wildman–Crippen LogP) is 3.41. The van der Waals surface area contributed by atoms with Crippen LogP contribution in [0.4, 0.5) is 0 Å². The molecule has 3 N–H and O–H groups in total. The summed E-state index contributed by atoms with van der Waals surface area (Å²) in [5, 5.41) is 16.2. The summed E-state index contributed by atoms with van der Waals surface area (Å²) in [4.78, 5) is 37.7. The second-order valence-electron chi connectivity index (χ2n) is 10.5. The number of nitrogens with one attached hydrogen (secondary N) is 2. The molecule has 0 aromatic carbocycles. The van der Waals surface area contributed by atoms with Crippen LogP contribution in [-0.2, 0) is 19.1 Å². The Balaban J connectivity index is 1.34. The molecule has 2 amide bonds. The number of aliphatic carboxylic acids is 1. The van der Waals surface area contributed by atoms with Crippen molar-refractivity contribution in [2.75, 3.05) is 6.61 Å². The van der Waals surface area contributed by atoms with E-state index in [0.717, 1.165) is 89.9 Å². The summed E-state index contributed by atoms with van der Waals surface area (Å²) in [6.07, 6.45) is 12.8. The first-order valence-corrected chi connectivity index (χ1v) is 13.0. The van der Waals surface area contributed by atoms with Crippen LogP contribution in [0.15, 0.2) is 0 Å². The smallest absolute Gasteiger partial charge is 0.306 e. The van der Waals surface area contributed by atoms with E-state index >= 15 is 0 Å². The number of rotatable bonds is 6. The first-order chi connectivity index (χ1) is 15.5. The normalized spacial score (nSPS) is 38.1. The minimum Gasteiger partial charge on any atom is -0.481 e. The highest BCUT2D eigenvalue weighted by atomic mass is 16.5. The van der Waals surface area contributed by atoms with E-state index in [9.17, 15) is 19.5 Å². The minimum absolute atomic E-state index is 0.0103. The molecule has 1 aliphatic heterocycles. The van der Waals surface area contributed by atoms with Crippen LogP contribution < -0.4 is 10.6 Å². The third kappa shape index (κ3) is 5.64. The van der Waals surface area contributed by atoms with Gasteiger partial charge in [-0.3, -0.25) is 14.4 Å². The van der Waals surface area contributed by atoms with Gasteiger partial charge in [-0.1, -0.05) is 25.7 Å². The fourth-order valence-corrected chi connectivity index (χ4v) is 6.81. The lowest BCUT2D eigenvalue weighted by atomic mass is 9.63. The summed E-state index contributed by atoms with van der Waals surface area (Å²) in [7, 11) is 0. The fourth-order valence-electron chi connectivity index (χ4n) is 6.81. The Morgan fingerprint density at radius 2 is 1.25 bits per heavy atom. The number of amides is 2. The highest BCUT2D eigenvalue weighted by Crippen LogP contribution is 2.44. The van der Waals surface area contributed by atoms with E-state index in [1.807, 2.05) is 0 Å². The molecule has 1 heterocycles. The lowest BCUT2D eigenvalue weighted by molar-refractivity contribution is -0.148. The summed E-state index contributed by atoms with van der Waals surface area (Å²) < 4.78 is 5.50. The van der Waals surface area contributed by atoms with Crippen LogP contribution in [0.2, 0.25) is 0 Å². The van der Waals surface area contributed by atoms with Crippen molar-refractivity contribution in [1.29, 1.82) is 0 Å². The van der Waals surface area contributed by atoms with E-state index in [1.54, 1.807) is 0 Å². The molecule has 0 aromatic rings. The maximum atomic E-state index is 13.4. The number of hydrogen-bond donors (Lipinski definition) is 3. The van der Waals surface area contributed by atoms with Crippen LogP contribution in [0.5, 0.6) is 0 Å². The van der Waals surface area contributed by atoms with Crippen molar-refractivity contribution in [2.24, 2.45) is 23.7 Å². The van der Waals surface area contributed by atoms with Gasteiger partial charge >= 0.3 is 5.97 Å². The summed E-state index contributed by atoms with van der Waals surface area (Å²) in [5.41, 5.74) is 0. The van der Waals surface area contributed by atoms with Gasteiger partial charge in [0.2, 0.25) is 11.8 Å². The molecular formula is C25H40N2O5. The largest absolute Gasteiger partial charge is 0.481 e. The molecule has 180 valence electrons. The third-order valence-corrected chi connectivity index (χ3v) is 8.43. The molecule has 7 heteroatoms. The maximum Gasteiger partial charge on any atom is 0.306 e. The quantitative estimate of drug-likeness (QED) is 0.578. The molecule has 32 heavy (non-hydrogen) atoms. The van der Waals surface area contributed by atoms with Gasteiger partial charge in [0.25, 0.3) is 0 Å². The molecule has 4 aliphatic rings. The Hall–Kier alpha value is -1.63. The van der Waals surface area contributed by atoms with Gasteiger partial charge in [-0.05, 0) is 76.0 Å². The molecule has 0 radical (unpaired) electrons. The average Bonchev–Trinajstić information content (AvgIpc) is 3.34. The van der Waals surface area contributed by atoms with Crippen LogP contribution in [0.25, 0.3) is 0 Å². The highest BCUT2D eigenvalue weighted by molar-refractivity contribution is 5.81. The fraction of sp³-hybridized carbons (Fsp3) is 0.880.